The van der Waals surface area contributed by atoms with Gasteiger partial charge in [-0.1, -0.05) is 47.5 Å². The fraction of sp³-hybridized carbons (Fsp3) is 0.345. The largest absolute Gasteiger partial charge is 0.340 e. The van der Waals surface area contributed by atoms with Crippen LogP contribution < -0.4 is 21.0 Å². The molecule has 13 heteroatoms. The molecule has 4 heterocycles. The molecule has 2 aliphatic rings. The lowest BCUT2D eigenvalue weighted by molar-refractivity contribution is -0.123. The van der Waals surface area contributed by atoms with E-state index in [-0.39, 0.29) is 30.4 Å². The number of amides is 2. The van der Waals surface area contributed by atoms with Gasteiger partial charge in [-0.3, -0.25) is 33.0 Å². The van der Waals surface area contributed by atoms with Crippen molar-refractivity contribution in [1.29, 1.82) is 0 Å². The predicted molar refractivity (Wildman–Crippen MR) is 162 cm³/mol. The predicted octanol–water partition coefficient (Wildman–Crippen LogP) is 2.55. The van der Waals surface area contributed by atoms with E-state index in [0.717, 1.165) is 15.7 Å². The molecule has 11 nitrogen and oxygen atoms in total. The quantitative estimate of drug-likeness (QED) is 0.320. The highest BCUT2D eigenvalue weighted by molar-refractivity contribution is 6.32. The van der Waals surface area contributed by atoms with E-state index in [9.17, 15) is 19.2 Å². The van der Waals surface area contributed by atoms with E-state index < -0.39 is 17.3 Å². The minimum Gasteiger partial charge on any atom is -0.340 e. The Labute approximate surface area is 251 Å². The number of hydrogen-bond acceptors (Lipinski definition) is 7. The molecule has 4 aromatic rings. The summed E-state index contributed by atoms with van der Waals surface area (Å²) >= 11 is 12.7. The van der Waals surface area contributed by atoms with Gasteiger partial charge >= 0.3 is 5.69 Å². The van der Waals surface area contributed by atoms with Gasteiger partial charge in [0.2, 0.25) is 11.9 Å². The van der Waals surface area contributed by atoms with Crippen LogP contribution in [-0.2, 0) is 30.2 Å². The fourth-order valence-electron chi connectivity index (χ4n) is 5.75. The molecule has 2 aromatic heterocycles. The molecule has 0 bridgehead atoms. The first kappa shape index (κ1) is 28.2. The summed E-state index contributed by atoms with van der Waals surface area (Å²) in [5.74, 6) is 0.0103. The van der Waals surface area contributed by atoms with Crippen LogP contribution in [0.25, 0.3) is 11.2 Å². The standard InChI is InChI=1S/C29H29Cl2N7O4/c1-17-8-9-19(14-21(17)31)38-23(39)15-22(26(38)40)35-10-12-36(13-11-35)28-32-25-24(27(41)34(3)29(42)33(25)2)37(28)16-18-6-4-5-7-20(18)30/h4-9,14,22H,10-13,15-16H2,1-3H3. The first-order valence-corrected chi connectivity index (χ1v) is 14.3. The second-order valence-electron chi connectivity index (χ2n) is 10.7. The number of fused-ring (bicyclic) bond motifs is 1. The molecule has 42 heavy (non-hydrogen) atoms. The third-order valence-corrected chi connectivity index (χ3v) is 8.96. The Kier molecular flexibility index (Phi) is 7.20. The van der Waals surface area contributed by atoms with Crippen LogP contribution in [0.3, 0.4) is 0 Å². The van der Waals surface area contributed by atoms with Gasteiger partial charge in [0.15, 0.2) is 11.2 Å². The number of imide groups is 1. The third kappa shape index (κ3) is 4.61. The average Bonchev–Trinajstić information content (AvgIpc) is 3.50. The zero-order chi connectivity index (χ0) is 29.9. The summed E-state index contributed by atoms with van der Waals surface area (Å²) < 4.78 is 4.25. The van der Waals surface area contributed by atoms with Gasteiger partial charge < -0.3 is 4.90 Å². The normalized spacial score (nSPS) is 18.1. The van der Waals surface area contributed by atoms with Crippen LogP contribution in [0, 0.1) is 6.92 Å². The summed E-state index contributed by atoms with van der Waals surface area (Å²) in [6.07, 6.45) is 0.0908. The molecule has 0 spiro atoms. The Balaban J connectivity index is 1.29. The molecule has 2 aliphatic heterocycles. The Morgan fingerprint density at radius 2 is 1.62 bits per heavy atom. The van der Waals surface area contributed by atoms with Crippen LogP contribution in [-0.4, -0.2) is 67.6 Å². The van der Waals surface area contributed by atoms with Crippen molar-refractivity contribution in [2.75, 3.05) is 36.0 Å². The van der Waals surface area contributed by atoms with Crippen molar-refractivity contribution in [1.82, 2.24) is 23.6 Å². The topological polar surface area (TPSA) is 106 Å². The van der Waals surface area contributed by atoms with E-state index in [1.54, 1.807) is 35.9 Å². The summed E-state index contributed by atoms with van der Waals surface area (Å²) in [6.45, 7) is 4.13. The molecule has 0 aliphatic carbocycles. The Morgan fingerprint density at radius 1 is 0.905 bits per heavy atom. The maximum Gasteiger partial charge on any atom is 0.332 e. The molecule has 1 atom stereocenters. The molecule has 2 saturated heterocycles. The molecule has 1 unspecified atom stereocenters. The molecule has 2 fully saturated rings. The number of benzene rings is 2. The van der Waals surface area contributed by atoms with Crippen molar-refractivity contribution in [3.8, 4) is 0 Å². The van der Waals surface area contributed by atoms with Crippen LogP contribution in [0.15, 0.2) is 52.1 Å². The summed E-state index contributed by atoms with van der Waals surface area (Å²) in [5.41, 5.74) is 1.84. The number of aryl methyl sites for hydroxylation is 2. The number of imidazole rings is 1. The summed E-state index contributed by atoms with van der Waals surface area (Å²) in [4.78, 5) is 62.4. The lowest BCUT2D eigenvalue weighted by Gasteiger charge is -2.37. The molecule has 6 rings (SSSR count). The molecular formula is C29H29Cl2N7O4. The Hall–Kier alpha value is -3.93. The van der Waals surface area contributed by atoms with E-state index >= 15 is 0 Å². The van der Waals surface area contributed by atoms with Crippen LogP contribution in [0.5, 0.6) is 0 Å². The lowest BCUT2D eigenvalue weighted by Crippen LogP contribution is -2.53. The van der Waals surface area contributed by atoms with Gasteiger partial charge in [0, 0.05) is 50.3 Å². The third-order valence-electron chi connectivity index (χ3n) is 8.19. The van der Waals surface area contributed by atoms with Gasteiger partial charge in [-0.25, -0.2) is 9.69 Å². The highest BCUT2D eigenvalue weighted by Crippen LogP contribution is 2.31. The highest BCUT2D eigenvalue weighted by Gasteiger charge is 2.43. The molecule has 2 amide bonds. The number of piperazine rings is 1. The van der Waals surface area contributed by atoms with E-state index in [0.29, 0.717) is 53.4 Å². The molecule has 0 radical (unpaired) electrons. The minimum absolute atomic E-state index is 0.0908. The summed E-state index contributed by atoms with van der Waals surface area (Å²) in [7, 11) is 3.04. The lowest BCUT2D eigenvalue weighted by atomic mass is 10.1. The molecule has 0 N–H and O–H groups in total. The summed E-state index contributed by atoms with van der Waals surface area (Å²) in [6, 6.07) is 12.0. The van der Waals surface area contributed by atoms with E-state index in [4.69, 9.17) is 28.2 Å². The molecule has 218 valence electrons. The number of aromatic nitrogens is 4. The number of hydrogen-bond donors (Lipinski definition) is 0. The minimum atomic E-state index is -0.574. The Bertz CT molecular complexity index is 1870. The van der Waals surface area contributed by atoms with Crippen molar-refractivity contribution in [3.63, 3.8) is 0 Å². The van der Waals surface area contributed by atoms with Gasteiger partial charge in [0.25, 0.3) is 11.5 Å². The van der Waals surface area contributed by atoms with Gasteiger partial charge in [0.1, 0.15) is 0 Å². The highest BCUT2D eigenvalue weighted by atomic mass is 35.5. The first-order valence-electron chi connectivity index (χ1n) is 13.6. The van der Waals surface area contributed by atoms with Crippen molar-refractivity contribution < 1.29 is 9.59 Å². The van der Waals surface area contributed by atoms with Crippen molar-refractivity contribution in [2.45, 2.75) is 25.9 Å². The van der Waals surface area contributed by atoms with Gasteiger partial charge in [-0.05, 0) is 36.2 Å². The zero-order valence-corrected chi connectivity index (χ0v) is 24.9. The van der Waals surface area contributed by atoms with E-state index in [1.807, 2.05) is 34.9 Å². The Morgan fingerprint density at radius 3 is 2.31 bits per heavy atom. The first-order chi connectivity index (χ1) is 20.1. The van der Waals surface area contributed by atoms with Crippen LogP contribution in [0.1, 0.15) is 17.5 Å². The second kappa shape index (κ2) is 10.7. The van der Waals surface area contributed by atoms with E-state index in [1.165, 1.54) is 16.5 Å². The number of carbonyl (C=O) groups excluding carboxylic acids is 2. The number of carbonyl (C=O) groups is 2. The SMILES string of the molecule is Cc1ccc(N2C(=O)CC(N3CCN(c4nc5c(c(=O)n(C)c(=O)n5C)n4Cc4ccccc4Cl)CC3)C2=O)cc1Cl. The number of nitrogens with zero attached hydrogens (tertiary/aromatic N) is 7. The molecule has 2 aromatic carbocycles. The maximum absolute atomic E-state index is 13.4. The second-order valence-corrected chi connectivity index (χ2v) is 11.5. The van der Waals surface area contributed by atoms with Crippen molar-refractivity contribution >= 4 is 57.8 Å². The van der Waals surface area contributed by atoms with Crippen molar-refractivity contribution in [2.24, 2.45) is 14.1 Å². The number of halogens is 2. The monoisotopic (exact) mass is 609 g/mol. The van der Waals surface area contributed by atoms with Crippen LogP contribution >= 0.6 is 23.2 Å². The van der Waals surface area contributed by atoms with Crippen LogP contribution in [0.2, 0.25) is 10.0 Å². The average molecular weight is 611 g/mol. The number of anilines is 2. The van der Waals surface area contributed by atoms with Crippen LogP contribution in [0.4, 0.5) is 11.6 Å². The number of rotatable bonds is 5. The fourth-order valence-corrected chi connectivity index (χ4v) is 6.12. The summed E-state index contributed by atoms with van der Waals surface area (Å²) in [5, 5.41) is 1.05. The van der Waals surface area contributed by atoms with Gasteiger partial charge in [-0.15, -0.1) is 0 Å². The van der Waals surface area contributed by atoms with Gasteiger partial charge in [-0.2, -0.15) is 4.98 Å². The smallest absolute Gasteiger partial charge is 0.332 e. The maximum atomic E-state index is 13.4. The molecule has 0 saturated carbocycles. The van der Waals surface area contributed by atoms with Gasteiger partial charge in [0.05, 0.1) is 24.7 Å². The van der Waals surface area contributed by atoms with Crippen molar-refractivity contribution in [3.05, 3.63) is 84.5 Å². The zero-order valence-electron chi connectivity index (χ0n) is 23.4. The van der Waals surface area contributed by atoms with E-state index in [2.05, 4.69) is 0 Å². The molecular weight excluding hydrogens is 581 g/mol.